The highest BCUT2D eigenvalue weighted by atomic mass is 32.2. The molecular formula is C22H22N6O4S. The number of ether oxygens (including phenoxy) is 2. The van der Waals surface area contributed by atoms with Crippen LogP contribution in [0.3, 0.4) is 0 Å². The lowest BCUT2D eigenvalue weighted by molar-refractivity contribution is 0.123. The number of hydrogen-bond donors (Lipinski definition) is 2. The van der Waals surface area contributed by atoms with E-state index in [9.17, 15) is 8.42 Å². The zero-order valence-electron chi connectivity index (χ0n) is 17.9. The summed E-state index contributed by atoms with van der Waals surface area (Å²) in [5.41, 5.74) is 3.55. The number of fused-ring (bicyclic) bond motifs is 1. The summed E-state index contributed by atoms with van der Waals surface area (Å²) >= 11 is 0. The van der Waals surface area contributed by atoms with Gasteiger partial charge in [-0.05, 0) is 24.3 Å². The van der Waals surface area contributed by atoms with Gasteiger partial charge in [0.2, 0.25) is 5.88 Å². The van der Waals surface area contributed by atoms with Gasteiger partial charge in [0, 0.05) is 60.6 Å². The number of hydrogen-bond acceptors (Lipinski definition) is 8. The van der Waals surface area contributed by atoms with Gasteiger partial charge < -0.3 is 19.4 Å². The Bertz CT molecular complexity index is 1380. The molecule has 10 nitrogen and oxygen atoms in total. The van der Waals surface area contributed by atoms with Crippen molar-refractivity contribution in [1.29, 1.82) is 0 Å². The van der Waals surface area contributed by atoms with Gasteiger partial charge in [-0.15, -0.1) is 0 Å². The number of aromatic nitrogens is 4. The monoisotopic (exact) mass is 466 g/mol. The lowest BCUT2D eigenvalue weighted by Crippen LogP contribution is -2.36. The predicted molar refractivity (Wildman–Crippen MR) is 124 cm³/mol. The molecule has 170 valence electrons. The number of morpholine rings is 1. The number of rotatable bonds is 6. The molecule has 0 bridgehead atoms. The molecule has 33 heavy (non-hydrogen) atoms. The minimum absolute atomic E-state index is 0.0445. The molecule has 5 heterocycles. The van der Waals surface area contributed by atoms with Crippen LogP contribution in [0.25, 0.3) is 22.2 Å². The number of methoxy groups -OCH3 is 1. The van der Waals surface area contributed by atoms with E-state index in [0.717, 1.165) is 35.4 Å². The molecule has 1 aliphatic rings. The van der Waals surface area contributed by atoms with E-state index < -0.39 is 10.0 Å². The topological polar surface area (TPSA) is 122 Å². The Morgan fingerprint density at radius 2 is 1.91 bits per heavy atom. The number of nitrogens with one attached hydrogen (secondary N) is 2. The van der Waals surface area contributed by atoms with Crippen LogP contribution in [-0.2, 0) is 14.8 Å². The number of pyridine rings is 3. The van der Waals surface area contributed by atoms with Gasteiger partial charge in [0.15, 0.2) is 0 Å². The molecule has 1 aliphatic heterocycles. The highest BCUT2D eigenvalue weighted by Gasteiger charge is 2.20. The Morgan fingerprint density at radius 3 is 2.67 bits per heavy atom. The summed E-state index contributed by atoms with van der Waals surface area (Å²) in [7, 11) is -2.43. The van der Waals surface area contributed by atoms with E-state index in [1.54, 1.807) is 24.5 Å². The van der Waals surface area contributed by atoms with Crippen LogP contribution in [0.2, 0.25) is 0 Å². The molecule has 4 aromatic rings. The number of nitrogens with zero attached hydrogens (tertiary/aromatic N) is 4. The zero-order valence-corrected chi connectivity index (χ0v) is 18.7. The van der Waals surface area contributed by atoms with Gasteiger partial charge in [-0.1, -0.05) is 0 Å². The summed E-state index contributed by atoms with van der Waals surface area (Å²) in [6.07, 6.45) is 8.10. The Hall–Kier alpha value is -3.70. The largest absolute Gasteiger partial charge is 0.480 e. The van der Waals surface area contributed by atoms with Crippen molar-refractivity contribution in [1.82, 2.24) is 19.9 Å². The molecular weight excluding hydrogens is 444 g/mol. The summed E-state index contributed by atoms with van der Waals surface area (Å²) in [5, 5.41) is 0.975. The SMILES string of the molecule is COc1ncc(-c2cnc3[nH]cc(N4CCOCC4)c3c2)cc1NS(=O)(=O)c1cccnc1. The molecule has 1 fully saturated rings. The number of anilines is 2. The standard InChI is InChI=1S/C22H22N6O4S/c1-31-22-19(27-33(29,30)17-3-2-4-23-13-17)10-16(12-26-22)15-9-18-20(14-25-21(18)24-11-15)28-5-7-32-8-6-28/h2-4,9-14,27H,5-8H2,1H3,(H,24,25). The van der Waals surface area contributed by atoms with Gasteiger partial charge in [0.05, 0.1) is 26.0 Å². The van der Waals surface area contributed by atoms with Crippen molar-refractivity contribution in [3.8, 4) is 17.0 Å². The first kappa shape index (κ1) is 21.2. The maximum Gasteiger partial charge on any atom is 0.263 e. The Morgan fingerprint density at radius 1 is 1.12 bits per heavy atom. The maximum absolute atomic E-state index is 12.8. The van der Waals surface area contributed by atoms with Gasteiger partial charge in [-0.3, -0.25) is 9.71 Å². The second kappa shape index (κ2) is 8.68. The molecule has 0 spiro atoms. The maximum atomic E-state index is 12.8. The molecule has 5 rings (SSSR count). The van der Waals surface area contributed by atoms with Crippen LogP contribution in [0.15, 0.2) is 60.1 Å². The van der Waals surface area contributed by atoms with Crippen molar-refractivity contribution < 1.29 is 17.9 Å². The van der Waals surface area contributed by atoms with Crippen molar-refractivity contribution in [3.63, 3.8) is 0 Å². The fourth-order valence-corrected chi connectivity index (χ4v) is 4.78. The normalized spacial score (nSPS) is 14.4. The Kier molecular flexibility index (Phi) is 5.56. The Balaban J connectivity index is 1.52. The van der Waals surface area contributed by atoms with Gasteiger partial charge in [0.25, 0.3) is 10.0 Å². The third kappa shape index (κ3) is 4.20. The van der Waals surface area contributed by atoms with E-state index >= 15 is 0 Å². The molecule has 0 aliphatic carbocycles. The minimum atomic E-state index is -3.86. The molecule has 0 saturated carbocycles. The summed E-state index contributed by atoms with van der Waals surface area (Å²) in [4.78, 5) is 18.3. The molecule has 0 atom stereocenters. The summed E-state index contributed by atoms with van der Waals surface area (Å²) in [5.74, 6) is 0.163. The molecule has 0 amide bonds. The minimum Gasteiger partial charge on any atom is -0.480 e. The first-order chi connectivity index (χ1) is 16.0. The van der Waals surface area contributed by atoms with Crippen LogP contribution >= 0.6 is 0 Å². The summed E-state index contributed by atoms with van der Waals surface area (Å²) in [6, 6.07) is 6.73. The molecule has 4 aromatic heterocycles. The first-order valence-corrected chi connectivity index (χ1v) is 11.8. The van der Waals surface area contributed by atoms with Crippen molar-refractivity contribution in [2.45, 2.75) is 4.90 Å². The van der Waals surface area contributed by atoms with Crippen molar-refractivity contribution in [3.05, 3.63) is 55.2 Å². The van der Waals surface area contributed by atoms with Crippen LogP contribution in [0.1, 0.15) is 0 Å². The van der Waals surface area contributed by atoms with Gasteiger partial charge in [-0.25, -0.2) is 18.4 Å². The van der Waals surface area contributed by atoms with Gasteiger partial charge in [-0.2, -0.15) is 0 Å². The fourth-order valence-electron chi connectivity index (χ4n) is 3.77. The molecule has 2 N–H and O–H groups in total. The number of H-pyrrole nitrogens is 1. The van der Waals surface area contributed by atoms with E-state index in [-0.39, 0.29) is 16.5 Å². The molecule has 0 radical (unpaired) electrons. The smallest absolute Gasteiger partial charge is 0.263 e. The molecule has 1 saturated heterocycles. The van der Waals surface area contributed by atoms with E-state index in [0.29, 0.717) is 18.8 Å². The lowest BCUT2D eigenvalue weighted by Gasteiger charge is -2.28. The predicted octanol–water partition coefficient (Wildman–Crippen LogP) is 2.67. The third-order valence-corrected chi connectivity index (χ3v) is 6.78. The molecule has 0 aromatic carbocycles. The van der Waals surface area contributed by atoms with Crippen molar-refractivity contribution >= 4 is 32.4 Å². The Labute approximate surface area is 190 Å². The number of sulfonamides is 1. The van der Waals surface area contributed by atoms with Crippen LogP contribution in [0, 0.1) is 0 Å². The summed E-state index contributed by atoms with van der Waals surface area (Å²) in [6.45, 7) is 2.98. The number of aromatic amines is 1. The highest BCUT2D eigenvalue weighted by Crippen LogP contribution is 2.33. The van der Waals surface area contributed by atoms with Gasteiger partial charge >= 0.3 is 0 Å². The van der Waals surface area contributed by atoms with Crippen LogP contribution in [-0.4, -0.2) is 61.8 Å². The zero-order chi connectivity index (χ0) is 22.8. The van der Waals surface area contributed by atoms with E-state index in [4.69, 9.17) is 9.47 Å². The average Bonchev–Trinajstić information content (AvgIpc) is 3.28. The van der Waals surface area contributed by atoms with Crippen LogP contribution in [0.4, 0.5) is 11.4 Å². The van der Waals surface area contributed by atoms with Gasteiger partial charge in [0.1, 0.15) is 16.2 Å². The molecule has 0 unspecified atom stereocenters. The summed E-state index contributed by atoms with van der Waals surface area (Å²) < 4.78 is 38.9. The van der Waals surface area contributed by atoms with E-state index in [2.05, 4.69) is 29.6 Å². The van der Waals surface area contributed by atoms with Crippen molar-refractivity contribution in [2.75, 3.05) is 43.0 Å². The lowest BCUT2D eigenvalue weighted by atomic mass is 10.1. The third-order valence-electron chi connectivity index (χ3n) is 5.43. The molecule has 11 heteroatoms. The van der Waals surface area contributed by atoms with Crippen LogP contribution in [0.5, 0.6) is 5.88 Å². The van der Waals surface area contributed by atoms with Crippen LogP contribution < -0.4 is 14.4 Å². The second-order valence-corrected chi connectivity index (χ2v) is 9.15. The average molecular weight is 467 g/mol. The fraction of sp³-hybridized carbons (Fsp3) is 0.227. The van der Waals surface area contributed by atoms with E-state index in [1.165, 1.54) is 25.6 Å². The first-order valence-electron chi connectivity index (χ1n) is 10.3. The highest BCUT2D eigenvalue weighted by molar-refractivity contribution is 7.92. The van der Waals surface area contributed by atoms with Crippen molar-refractivity contribution in [2.24, 2.45) is 0 Å². The second-order valence-electron chi connectivity index (χ2n) is 7.47. The quantitative estimate of drug-likeness (QED) is 0.445. The van der Waals surface area contributed by atoms with E-state index in [1.807, 2.05) is 12.3 Å².